The van der Waals surface area contributed by atoms with Crippen LogP contribution in [0.15, 0.2) is 6.07 Å². The van der Waals surface area contributed by atoms with Crippen LogP contribution in [0.2, 0.25) is 0 Å². The normalized spacial score (nSPS) is 18.7. The summed E-state index contributed by atoms with van der Waals surface area (Å²) < 4.78 is 5.67. The van der Waals surface area contributed by atoms with E-state index in [0.717, 1.165) is 50.0 Å². The molecule has 1 aliphatic rings. The first-order chi connectivity index (χ1) is 9.67. The molecule has 1 aliphatic heterocycles. The Hall–Kier alpha value is -1.20. The zero-order valence-electron chi connectivity index (χ0n) is 12.9. The Morgan fingerprint density at radius 1 is 1.45 bits per heavy atom. The van der Waals surface area contributed by atoms with Gasteiger partial charge < -0.3 is 10.1 Å². The van der Waals surface area contributed by atoms with Gasteiger partial charge in [-0.3, -0.25) is 4.90 Å². The lowest BCUT2D eigenvalue weighted by Gasteiger charge is -2.20. The summed E-state index contributed by atoms with van der Waals surface area (Å²) in [4.78, 5) is 11.3. The molecule has 2 rings (SSSR count). The average molecular weight is 278 g/mol. The third-order valence-corrected chi connectivity index (χ3v) is 3.41. The van der Waals surface area contributed by atoms with Gasteiger partial charge in [-0.05, 0) is 33.2 Å². The summed E-state index contributed by atoms with van der Waals surface area (Å²) in [5.41, 5.74) is 1.01. The van der Waals surface area contributed by atoms with Crippen molar-refractivity contribution >= 4 is 5.82 Å². The van der Waals surface area contributed by atoms with Gasteiger partial charge in [-0.1, -0.05) is 6.92 Å². The number of aromatic nitrogens is 2. The van der Waals surface area contributed by atoms with Gasteiger partial charge >= 0.3 is 0 Å². The molecule has 1 N–H and O–H groups in total. The molecule has 5 heteroatoms. The molecule has 112 valence electrons. The van der Waals surface area contributed by atoms with Crippen molar-refractivity contribution in [3.8, 4) is 0 Å². The third kappa shape index (κ3) is 4.72. The van der Waals surface area contributed by atoms with Crippen molar-refractivity contribution in [1.29, 1.82) is 0 Å². The van der Waals surface area contributed by atoms with E-state index in [2.05, 4.69) is 34.2 Å². The molecule has 5 nitrogen and oxygen atoms in total. The molecular weight excluding hydrogens is 252 g/mol. The molecule has 1 aromatic rings. The van der Waals surface area contributed by atoms with Crippen molar-refractivity contribution < 1.29 is 4.74 Å². The Balaban J connectivity index is 1.91. The predicted molar refractivity (Wildman–Crippen MR) is 80.9 cm³/mol. The monoisotopic (exact) mass is 278 g/mol. The number of anilines is 1. The third-order valence-electron chi connectivity index (χ3n) is 3.41. The highest BCUT2D eigenvalue weighted by molar-refractivity contribution is 5.35. The second-order valence-electron chi connectivity index (χ2n) is 5.57. The standard InChI is InChI=1S/C15H26N4O/c1-4-7-16-14-9-12(2)17-15(18-14)11-19(3)10-13-6-5-8-20-13/h9,13H,4-8,10-11H2,1-3H3,(H,16,17,18). The molecule has 1 atom stereocenters. The summed E-state index contributed by atoms with van der Waals surface area (Å²) in [5.74, 6) is 1.81. The number of likely N-dealkylation sites (N-methyl/N-ethyl adjacent to an activating group) is 1. The molecule has 0 bridgehead atoms. The maximum atomic E-state index is 5.67. The molecule has 1 fully saturated rings. The van der Waals surface area contributed by atoms with Crippen LogP contribution in [0, 0.1) is 6.92 Å². The first-order valence-corrected chi connectivity index (χ1v) is 7.56. The van der Waals surface area contributed by atoms with Crippen LogP contribution in [0.25, 0.3) is 0 Å². The molecule has 0 aromatic carbocycles. The van der Waals surface area contributed by atoms with Gasteiger partial charge in [-0.25, -0.2) is 9.97 Å². The van der Waals surface area contributed by atoms with Crippen LogP contribution < -0.4 is 5.32 Å². The Morgan fingerprint density at radius 2 is 2.30 bits per heavy atom. The number of ether oxygens (including phenoxy) is 1. The lowest BCUT2D eigenvalue weighted by atomic mass is 10.2. The first kappa shape index (κ1) is 15.2. The zero-order valence-corrected chi connectivity index (χ0v) is 12.9. The van der Waals surface area contributed by atoms with E-state index in [9.17, 15) is 0 Å². The maximum absolute atomic E-state index is 5.67. The molecule has 0 radical (unpaired) electrons. The van der Waals surface area contributed by atoms with E-state index in [1.54, 1.807) is 0 Å². The SMILES string of the molecule is CCCNc1cc(C)nc(CN(C)CC2CCCO2)n1. The van der Waals surface area contributed by atoms with Crippen molar-refractivity contribution in [2.45, 2.75) is 45.8 Å². The minimum atomic E-state index is 0.377. The molecule has 0 saturated carbocycles. The Morgan fingerprint density at radius 3 is 3.00 bits per heavy atom. The number of rotatable bonds is 7. The Kier molecular flexibility index (Phi) is 5.73. The van der Waals surface area contributed by atoms with Crippen LogP contribution in [0.1, 0.15) is 37.7 Å². The first-order valence-electron chi connectivity index (χ1n) is 7.56. The second-order valence-corrected chi connectivity index (χ2v) is 5.57. The molecule has 2 heterocycles. The summed E-state index contributed by atoms with van der Waals surface area (Å²) in [6.07, 6.45) is 3.83. The Labute approximate surface area is 121 Å². The summed E-state index contributed by atoms with van der Waals surface area (Å²) in [6, 6.07) is 2.00. The van der Waals surface area contributed by atoms with Gasteiger partial charge in [0.1, 0.15) is 11.6 Å². The highest BCUT2D eigenvalue weighted by Crippen LogP contribution is 2.14. The fourth-order valence-electron chi connectivity index (χ4n) is 2.49. The fraction of sp³-hybridized carbons (Fsp3) is 0.733. The molecule has 1 aromatic heterocycles. The summed E-state index contributed by atoms with van der Waals surface area (Å²) in [5, 5.41) is 3.33. The number of aryl methyl sites for hydroxylation is 1. The quantitative estimate of drug-likeness (QED) is 0.829. The van der Waals surface area contributed by atoms with Crippen molar-refractivity contribution in [1.82, 2.24) is 14.9 Å². The predicted octanol–water partition coefficient (Wildman–Crippen LogP) is 2.22. The molecule has 1 saturated heterocycles. The fourth-order valence-corrected chi connectivity index (χ4v) is 2.49. The number of nitrogens with zero attached hydrogens (tertiary/aromatic N) is 3. The molecule has 0 aliphatic carbocycles. The average Bonchev–Trinajstić information content (AvgIpc) is 2.88. The van der Waals surface area contributed by atoms with Crippen LogP contribution in [0.3, 0.4) is 0 Å². The van der Waals surface area contributed by atoms with Gasteiger partial charge in [0.05, 0.1) is 12.6 Å². The Bertz CT molecular complexity index is 418. The van der Waals surface area contributed by atoms with Crippen molar-refractivity contribution in [2.75, 3.05) is 32.1 Å². The van der Waals surface area contributed by atoms with Crippen molar-refractivity contribution in [3.63, 3.8) is 0 Å². The van der Waals surface area contributed by atoms with Gasteiger partial charge in [-0.15, -0.1) is 0 Å². The minimum Gasteiger partial charge on any atom is -0.377 e. The summed E-state index contributed by atoms with van der Waals surface area (Å²) in [6.45, 7) is 7.74. The molecule has 20 heavy (non-hydrogen) atoms. The molecule has 1 unspecified atom stereocenters. The van der Waals surface area contributed by atoms with E-state index in [4.69, 9.17) is 4.74 Å². The smallest absolute Gasteiger partial charge is 0.144 e. The van der Waals surface area contributed by atoms with E-state index < -0.39 is 0 Å². The van der Waals surface area contributed by atoms with Crippen LogP contribution in [0.4, 0.5) is 5.82 Å². The minimum absolute atomic E-state index is 0.377. The highest BCUT2D eigenvalue weighted by atomic mass is 16.5. The van der Waals surface area contributed by atoms with Crippen molar-refractivity contribution in [3.05, 3.63) is 17.6 Å². The lowest BCUT2D eigenvalue weighted by Crippen LogP contribution is -2.29. The highest BCUT2D eigenvalue weighted by Gasteiger charge is 2.18. The van der Waals surface area contributed by atoms with E-state index in [1.165, 1.54) is 12.8 Å². The largest absolute Gasteiger partial charge is 0.377 e. The second kappa shape index (κ2) is 7.55. The molecule has 0 spiro atoms. The van der Waals surface area contributed by atoms with Crippen molar-refractivity contribution in [2.24, 2.45) is 0 Å². The zero-order chi connectivity index (χ0) is 14.4. The van der Waals surface area contributed by atoms with E-state index in [0.29, 0.717) is 6.10 Å². The van der Waals surface area contributed by atoms with Crippen LogP contribution in [0.5, 0.6) is 0 Å². The maximum Gasteiger partial charge on any atom is 0.144 e. The van der Waals surface area contributed by atoms with Crippen LogP contribution in [-0.2, 0) is 11.3 Å². The molecule has 0 amide bonds. The number of hydrogen-bond acceptors (Lipinski definition) is 5. The number of nitrogens with one attached hydrogen (secondary N) is 1. The summed E-state index contributed by atoms with van der Waals surface area (Å²) >= 11 is 0. The van der Waals surface area contributed by atoms with E-state index >= 15 is 0 Å². The lowest BCUT2D eigenvalue weighted by molar-refractivity contribution is 0.0786. The topological polar surface area (TPSA) is 50.3 Å². The van der Waals surface area contributed by atoms with Crippen LogP contribution in [-0.4, -0.2) is 47.7 Å². The number of hydrogen-bond donors (Lipinski definition) is 1. The van der Waals surface area contributed by atoms with Gasteiger partial charge in [0, 0.05) is 31.5 Å². The van der Waals surface area contributed by atoms with Gasteiger partial charge in [0.25, 0.3) is 0 Å². The molecular formula is C15H26N4O. The van der Waals surface area contributed by atoms with Gasteiger partial charge in [0.15, 0.2) is 0 Å². The van der Waals surface area contributed by atoms with Gasteiger partial charge in [0.2, 0.25) is 0 Å². The van der Waals surface area contributed by atoms with E-state index in [-0.39, 0.29) is 0 Å². The van der Waals surface area contributed by atoms with Gasteiger partial charge in [-0.2, -0.15) is 0 Å². The van der Waals surface area contributed by atoms with Crippen LogP contribution >= 0.6 is 0 Å². The summed E-state index contributed by atoms with van der Waals surface area (Å²) in [7, 11) is 2.10. The van der Waals surface area contributed by atoms with E-state index in [1.807, 2.05) is 13.0 Å².